The molecule has 0 bridgehead atoms. The lowest BCUT2D eigenvalue weighted by atomic mass is 10.1. The van der Waals surface area contributed by atoms with Gasteiger partial charge in [-0.15, -0.1) is 0 Å². The van der Waals surface area contributed by atoms with Gasteiger partial charge in [0.2, 0.25) is 0 Å². The van der Waals surface area contributed by atoms with Crippen LogP contribution < -0.4 is 15.4 Å². The topological polar surface area (TPSA) is 67.4 Å². The molecule has 0 aromatic heterocycles. The molecule has 2 aromatic carbocycles. The summed E-state index contributed by atoms with van der Waals surface area (Å²) in [6, 6.07) is 14.3. The number of hydrogen-bond acceptors (Lipinski definition) is 3. The molecule has 0 saturated heterocycles. The highest BCUT2D eigenvalue weighted by Gasteiger charge is 2.04. The van der Waals surface area contributed by atoms with Crippen LogP contribution in [0.25, 0.3) is 0 Å². The summed E-state index contributed by atoms with van der Waals surface area (Å²) in [6.07, 6.45) is 0.706. The van der Waals surface area contributed by atoms with Gasteiger partial charge < -0.3 is 15.4 Å². The highest BCUT2D eigenvalue weighted by molar-refractivity contribution is 5.96. The van der Waals surface area contributed by atoms with E-state index in [0.717, 1.165) is 11.3 Å². The first kappa shape index (κ1) is 16.5. The molecule has 0 fully saturated rings. The van der Waals surface area contributed by atoms with E-state index in [1.165, 1.54) is 6.92 Å². The summed E-state index contributed by atoms with van der Waals surface area (Å²) in [4.78, 5) is 23.2. The predicted octanol–water partition coefficient (Wildman–Crippen LogP) is 3.26. The third-order valence-electron chi connectivity index (χ3n) is 3.36. The minimum Gasteiger partial charge on any atom is -0.497 e. The molecule has 23 heavy (non-hydrogen) atoms. The number of anilines is 1. The van der Waals surface area contributed by atoms with Gasteiger partial charge in [-0.2, -0.15) is 0 Å². The Hall–Kier alpha value is -2.82. The number of rotatable bonds is 6. The molecule has 2 rings (SSSR count). The monoisotopic (exact) mass is 312 g/mol. The number of Topliss-reactive ketones (excluding diaryl/α,β-unsaturated/α-hetero) is 1. The van der Waals surface area contributed by atoms with Gasteiger partial charge in [0.15, 0.2) is 5.78 Å². The zero-order chi connectivity index (χ0) is 16.7. The molecule has 0 saturated carbocycles. The summed E-state index contributed by atoms with van der Waals surface area (Å²) >= 11 is 0. The lowest BCUT2D eigenvalue weighted by Crippen LogP contribution is -2.30. The molecule has 0 unspecified atom stereocenters. The second-order valence-corrected chi connectivity index (χ2v) is 5.12. The summed E-state index contributed by atoms with van der Waals surface area (Å²) in [6.45, 7) is 2.00. The van der Waals surface area contributed by atoms with Gasteiger partial charge in [0, 0.05) is 17.8 Å². The van der Waals surface area contributed by atoms with Crippen molar-refractivity contribution in [2.75, 3.05) is 19.0 Å². The fourth-order valence-electron chi connectivity index (χ4n) is 2.14. The van der Waals surface area contributed by atoms with Gasteiger partial charge in [-0.1, -0.05) is 24.3 Å². The average Bonchev–Trinajstić information content (AvgIpc) is 2.55. The van der Waals surface area contributed by atoms with Crippen molar-refractivity contribution < 1.29 is 14.3 Å². The molecular weight excluding hydrogens is 292 g/mol. The van der Waals surface area contributed by atoms with Crippen molar-refractivity contribution in [2.45, 2.75) is 13.3 Å². The van der Waals surface area contributed by atoms with Crippen LogP contribution in [0.1, 0.15) is 22.8 Å². The fraction of sp³-hybridized carbons (Fsp3) is 0.222. The van der Waals surface area contributed by atoms with Crippen LogP contribution in [0.4, 0.5) is 10.5 Å². The molecule has 2 aromatic rings. The Morgan fingerprint density at radius 3 is 2.61 bits per heavy atom. The Morgan fingerprint density at radius 2 is 1.87 bits per heavy atom. The van der Waals surface area contributed by atoms with Crippen LogP contribution in [0.3, 0.4) is 0 Å². The highest BCUT2D eigenvalue weighted by Crippen LogP contribution is 2.13. The van der Waals surface area contributed by atoms with Crippen LogP contribution in [0.5, 0.6) is 5.75 Å². The maximum atomic E-state index is 11.9. The number of nitrogens with one attached hydrogen (secondary N) is 2. The molecule has 2 amide bonds. The molecule has 0 atom stereocenters. The predicted molar refractivity (Wildman–Crippen MR) is 90.2 cm³/mol. The number of ketones is 1. The van der Waals surface area contributed by atoms with Crippen molar-refractivity contribution in [2.24, 2.45) is 0 Å². The number of carbonyl (C=O) groups is 2. The number of benzene rings is 2. The van der Waals surface area contributed by atoms with Gasteiger partial charge in [0.05, 0.1) is 7.11 Å². The van der Waals surface area contributed by atoms with Gasteiger partial charge in [-0.3, -0.25) is 4.79 Å². The second kappa shape index (κ2) is 7.98. The van der Waals surface area contributed by atoms with Gasteiger partial charge in [0.25, 0.3) is 0 Å². The maximum Gasteiger partial charge on any atom is 0.319 e. The summed E-state index contributed by atoms with van der Waals surface area (Å²) in [5.41, 5.74) is 2.25. The van der Waals surface area contributed by atoms with E-state index in [1.54, 1.807) is 31.4 Å². The number of methoxy groups -OCH3 is 1. The molecule has 0 aliphatic carbocycles. The average molecular weight is 312 g/mol. The molecule has 0 spiro atoms. The lowest BCUT2D eigenvalue weighted by molar-refractivity contribution is 0.101. The van der Waals surface area contributed by atoms with Crippen molar-refractivity contribution in [1.29, 1.82) is 0 Å². The molecule has 0 radical (unpaired) electrons. The van der Waals surface area contributed by atoms with Crippen molar-refractivity contribution in [3.05, 3.63) is 59.7 Å². The molecule has 5 nitrogen and oxygen atoms in total. The second-order valence-electron chi connectivity index (χ2n) is 5.12. The molecular formula is C18H20N2O3. The SMILES string of the molecule is COc1cccc(CCNC(=O)Nc2cccc(C(C)=O)c2)c1. The number of urea groups is 1. The first-order valence-corrected chi connectivity index (χ1v) is 7.37. The number of amides is 2. The lowest BCUT2D eigenvalue weighted by Gasteiger charge is -2.09. The van der Waals surface area contributed by atoms with Crippen LogP contribution in [0, 0.1) is 0 Å². The summed E-state index contributed by atoms with van der Waals surface area (Å²) in [5.74, 6) is 0.764. The molecule has 5 heteroatoms. The Balaban J connectivity index is 1.83. The van der Waals surface area contributed by atoms with Gasteiger partial charge in [-0.05, 0) is 43.2 Å². The maximum absolute atomic E-state index is 11.9. The third-order valence-corrected chi connectivity index (χ3v) is 3.36. The molecule has 0 aliphatic heterocycles. The Kier molecular flexibility index (Phi) is 5.74. The zero-order valence-corrected chi connectivity index (χ0v) is 13.3. The van der Waals surface area contributed by atoms with Crippen molar-refractivity contribution in [3.63, 3.8) is 0 Å². The van der Waals surface area contributed by atoms with Crippen LogP contribution >= 0.6 is 0 Å². The van der Waals surface area contributed by atoms with Crippen molar-refractivity contribution in [3.8, 4) is 5.75 Å². The number of hydrogen-bond donors (Lipinski definition) is 2. The minimum atomic E-state index is -0.298. The van der Waals surface area contributed by atoms with E-state index in [1.807, 2.05) is 24.3 Å². The summed E-state index contributed by atoms with van der Waals surface area (Å²) in [5, 5.41) is 5.51. The fourth-order valence-corrected chi connectivity index (χ4v) is 2.14. The number of carbonyl (C=O) groups excluding carboxylic acids is 2. The Labute approximate surface area is 135 Å². The molecule has 0 heterocycles. The zero-order valence-electron chi connectivity index (χ0n) is 13.3. The first-order valence-electron chi connectivity index (χ1n) is 7.37. The van der Waals surface area contributed by atoms with Crippen molar-refractivity contribution >= 4 is 17.5 Å². The Bertz CT molecular complexity index is 698. The van der Waals surface area contributed by atoms with Crippen LogP contribution in [-0.2, 0) is 6.42 Å². The van der Waals surface area contributed by atoms with E-state index >= 15 is 0 Å². The largest absolute Gasteiger partial charge is 0.497 e. The first-order chi connectivity index (χ1) is 11.1. The van der Waals surface area contributed by atoms with E-state index < -0.39 is 0 Å². The molecule has 0 aliphatic rings. The van der Waals surface area contributed by atoms with Gasteiger partial charge in [-0.25, -0.2) is 4.79 Å². The van der Waals surface area contributed by atoms with Gasteiger partial charge in [0.1, 0.15) is 5.75 Å². The quantitative estimate of drug-likeness (QED) is 0.805. The molecule has 2 N–H and O–H groups in total. The van der Waals surface area contributed by atoms with Gasteiger partial charge >= 0.3 is 6.03 Å². The van der Waals surface area contributed by atoms with Crippen LogP contribution in [0.15, 0.2) is 48.5 Å². The highest BCUT2D eigenvalue weighted by atomic mass is 16.5. The smallest absolute Gasteiger partial charge is 0.319 e. The van der Waals surface area contributed by atoms with E-state index in [9.17, 15) is 9.59 Å². The van der Waals surface area contributed by atoms with Crippen LogP contribution in [-0.4, -0.2) is 25.5 Å². The minimum absolute atomic E-state index is 0.0351. The van der Waals surface area contributed by atoms with E-state index in [-0.39, 0.29) is 11.8 Å². The summed E-state index contributed by atoms with van der Waals surface area (Å²) in [7, 11) is 1.62. The van der Waals surface area contributed by atoms with Crippen LogP contribution in [0.2, 0.25) is 0 Å². The summed E-state index contributed by atoms with van der Waals surface area (Å²) < 4.78 is 5.16. The van der Waals surface area contributed by atoms with E-state index in [0.29, 0.717) is 24.2 Å². The van der Waals surface area contributed by atoms with E-state index in [2.05, 4.69) is 10.6 Å². The van der Waals surface area contributed by atoms with E-state index in [4.69, 9.17) is 4.74 Å². The Morgan fingerprint density at radius 1 is 1.09 bits per heavy atom. The number of ether oxygens (including phenoxy) is 1. The third kappa shape index (κ3) is 5.14. The standard InChI is InChI=1S/C18H20N2O3/c1-13(21)15-6-4-7-16(12-15)20-18(22)19-10-9-14-5-3-8-17(11-14)23-2/h3-8,11-12H,9-10H2,1-2H3,(H2,19,20,22). The van der Waals surface area contributed by atoms with Crippen molar-refractivity contribution in [1.82, 2.24) is 5.32 Å². The molecule has 120 valence electrons. The normalized spacial score (nSPS) is 10.0.